The molecule has 0 saturated carbocycles. The van der Waals surface area contributed by atoms with Crippen molar-refractivity contribution >= 4 is 34.2 Å². The molecule has 0 aliphatic heterocycles. The normalized spacial score (nSPS) is 12.5. The Hall–Kier alpha value is -0.650. The number of hydrogen-bond acceptors (Lipinski definition) is 2. The maximum absolute atomic E-state index is 13.2. The summed E-state index contributed by atoms with van der Waals surface area (Å²) in [6.07, 6.45) is 2.10. The molecule has 0 bridgehead atoms. The maximum atomic E-state index is 13.2. The lowest BCUT2D eigenvalue weighted by molar-refractivity contribution is -0.131. The van der Waals surface area contributed by atoms with Gasteiger partial charge in [-0.15, -0.1) is 12.4 Å². The quantitative estimate of drug-likeness (QED) is 0.737. The average Bonchev–Trinajstić information content (AvgIpc) is 2.45. The van der Waals surface area contributed by atoms with E-state index in [4.69, 9.17) is 5.73 Å². The van der Waals surface area contributed by atoms with E-state index in [9.17, 15) is 9.18 Å². The molecule has 3 N–H and O–H groups in total. The molecule has 22 heavy (non-hydrogen) atoms. The van der Waals surface area contributed by atoms with Crippen LogP contribution in [0.1, 0.15) is 39.2 Å². The highest BCUT2D eigenvalue weighted by Gasteiger charge is 2.33. The molecule has 0 aliphatic carbocycles. The lowest BCUT2D eigenvalue weighted by Gasteiger charge is -2.30. The monoisotopic (exact) mass is 394 g/mol. The molecule has 1 rings (SSSR count). The Kier molecular flexibility index (Phi) is 9.20. The van der Waals surface area contributed by atoms with Gasteiger partial charge in [-0.25, -0.2) is 4.39 Å². The molecule has 0 fully saturated rings. The van der Waals surface area contributed by atoms with Gasteiger partial charge in [-0.2, -0.15) is 0 Å². The zero-order chi connectivity index (χ0) is 16.0. The molecular weight excluding hydrogens is 371 g/mol. The molecule has 0 heterocycles. The second-order valence-corrected chi connectivity index (χ2v) is 6.37. The van der Waals surface area contributed by atoms with E-state index in [0.717, 1.165) is 18.4 Å². The maximum Gasteiger partial charge on any atom is 0.227 e. The van der Waals surface area contributed by atoms with Crippen LogP contribution in [0.2, 0.25) is 0 Å². The molecule has 0 saturated heterocycles. The number of nitrogens with one attached hydrogen (secondary N) is 1. The number of nitrogens with two attached hydrogens (primary N) is 1. The third-order valence-electron chi connectivity index (χ3n) is 4.13. The molecule has 1 atom stereocenters. The first kappa shape index (κ1) is 21.4. The summed E-state index contributed by atoms with van der Waals surface area (Å²) in [5, 5.41) is 3.03. The van der Waals surface area contributed by atoms with Crippen molar-refractivity contribution in [2.24, 2.45) is 11.1 Å². The Labute approximate surface area is 146 Å². The summed E-state index contributed by atoms with van der Waals surface area (Å²) in [5.74, 6) is -0.279. The fourth-order valence-corrected chi connectivity index (χ4v) is 2.83. The molecule has 126 valence electrons. The van der Waals surface area contributed by atoms with Crippen LogP contribution in [0.15, 0.2) is 22.7 Å². The SMILES string of the molecule is CCC(CC)(CN)C(=O)NC(C)Cc1ccc(F)c(Br)c1.Cl. The van der Waals surface area contributed by atoms with Gasteiger partial charge in [0.2, 0.25) is 5.91 Å². The second kappa shape index (κ2) is 9.48. The standard InChI is InChI=1S/C16H24BrFN2O.ClH/c1-4-16(5-2,10-19)15(21)20-11(3)8-12-6-7-14(18)13(17)9-12;/h6-7,9,11H,4-5,8,10,19H2,1-3H3,(H,20,21);1H. The minimum atomic E-state index is -0.488. The number of halogens is 3. The molecule has 6 heteroatoms. The molecule has 1 amide bonds. The van der Waals surface area contributed by atoms with Crippen molar-refractivity contribution in [2.45, 2.75) is 46.1 Å². The van der Waals surface area contributed by atoms with E-state index in [1.165, 1.54) is 6.07 Å². The van der Waals surface area contributed by atoms with Crippen molar-refractivity contribution in [1.29, 1.82) is 0 Å². The van der Waals surface area contributed by atoms with E-state index in [1.807, 2.05) is 20.8 Å². The van der Waals surface area contributed by atoms with E-state index in [1.54, 1.807) is 12.1 Å². The van der Waals surface area contributed by atoms with Gasteiger partial charge in [-0.05, 0) is 59.8 Å². The van der Waals surface area contributed by atoms with Gasteiger partial charge >= 0.3 is 0 Å². The third kappa shape index (κ3) is 5.21. The molecule has 1 aromatic carbocycles. The van der Waals surface area contributed by atoms with E-state index in [2.05, 4.69) is 21.2 Å². The first-order valence-corrected chi connectivity index (χ1v) is 8.12. The summed E-state index contributed by atoms with van der Waals surface area (Å²) in [4.78, 5) is 12.4. The van der Waals surface area contributed by atoms with Crippen molar-refractivity contribution in [2.75, 3.05) is 6.54 Å². The lowest BCUT2D eigenvalue weighted by Crippen LogP contribution is -2.48. The van der Waals surface area contributed by atoms with Gasteiger partial charge in [-0.1, -0.05) is 19.9 Å². The first-order valence-electron chi connectivity index (χ1n) is 7.33. The van der Waals surface area contributed by atoms with Crippen LogP contribution >= 0.6 is 28.3 Å². The summed E-state index contributed by atoms with van der Waals surface area (Å²) in [6.45, 7) is 6.26. The van der Waals surface area contributed by atoms with Gasteiger partial charge in [0.25, 0.3) is 0 Å². The van der Waals surface area contributed by atoms with Crippen LogP contribution in [-0.4, -0.2) is 18.5 Å². The van der Waals surface area contributed by atoms with E-state index in [-0.39, 0.29) is 30.2 Å². The average molecular weight is 396 g/mol. The number of rotatable bonds is 7. The number of hydrogen-bond donors (Lipinski definition) is 2. The number of carbonyl (C=O) groups excluding carboxylic acids is 1. The summed E-state index contributed by atoms with van der Waals surface area (Å²) in [7, 11) is 0. The molecule has 0 aromatic heterocycles. The first-order chi connectivity index (χ1) is 9.88. The summed E-state index contributed by atoms with van der Waals surface area (Å²) < 4.78 is 13.7. The largest absolute Gasteiger partial charge is 0.353 e. The van der Waals surface area contributed by atoms with Crippen LogP contribution in [0.3, 0.4) is 0 Å². The Morgan fingerprint density at radius 3 is 2.45 bits per heavy atom. The van der Waals surface area contributed by atoms with Crippen LogP contribution in [0, 0.1) is 11.2 Å². The number of benzene rings is 1. The minimum Gasteiger partial charge on any atom is -0.353 e. The van der Waals surface area contributed by atoms with Gasteiger partial charge in [0, 0.05) is 12.6 Å². The molecule has 0 spiro atoms. The van der Waals surface area contributed by atoms with Crippen LogP contribution in [0.5, 0.6) is 0 Å². The summed E-state index contributed by atoms with van der Waals surface area (Å²) >= 11 is 3.17. The Morgan fingerprint density at radius 1 is 1.41 bits per heavy atom. The van der Waals surface area contributed by atoms with E-state index < -0.39 is 5.41 Å². The highest BCUT2D eigenvalue weighted by atomic mass is 79.9. The van der Waals surface area contributed by atoms with Gasteiger partial charge in [0.05, 0.1) is 9.89 Å². The lowest BCUT2D eigenvalue weighted by atomic mass is 9.81. The predicted octanol–water partition coefficient (Wildman–Crippen LogP) is 3.82. The summed E-state index contributed by atoms with van der Waals surface area (Å²) in [6, 6.07) is 4.88. The topological polar surface area (TPSA) is 55.1 Å². The Morgan fingerprint density at radius 2 is 2.00 bits per heavy atom. The smallest absolute Gasteiger partial charge is 0.227 e. The van der Waals surface area contributed by atoms with Crippen molar-refractivity contribution in [3.63, 3.8) is 0 Å². The minimum absolute atomic E-state index is 0. The van der Waals surface area contributed by atoms with Crippen LogP contribution in [0.25, 0.3) is 0 Å². The fourth-order valence-electron chi connectivity index (χ4n) is 2.40. The number of carbonyl (C=O) groups is 1. The third-order valence-corrected chi connectivity index (χ3v) is 4.74. The zero-order valence-electron chi connectivity index (χ0n) is 13.3. The van der Waals surface area contributed by atoms with E-state index in [0.29, 0.717) is 17.4 Å². The second-order valence-electron chi connectivity index (χ2n) is 5.52. The molecule has 1 aromatic rings. The van der Waals surface area contributed by atoms with E-state index >= 15 is 0 Å². The Bertz CT molecular complexity index is 487. The zero-order valence-corrected chi connectivity index (χ0v) is 15.7. The van der Waals surface area contributed by atoms with Crippen LogP contribution in [0.4, 0.5) is 4.39 Å². The number of amides is 1. The molecule has 1 unspecified atom stereocenters. The van der Waals surface area contributed by atoms with Crippen molar-refractivity contribution in [3.8, 4) is 0 Å². The molecule has 3 nitrogen and oxygen atoms in total. The van der Waals surface area contributed by atoms with Gasteiger partial charge in [-0.3, -0.25) is 4.79 Å². The van der Waals surface area contributed by atoms with Gasteiger partial charge < -0.3 is 11.1 Å². The molecule has 0 aliphatic rings. The Balaban J connectivity index is 0.00000441. The van der Waals surface area contributed by atoms with Crippen molar-refractivity contribution in [1.82, 2.24) is 5.32 Å². The van der Waals surface area contributed by atoms with Crippen molar-refractivity contribution < 1.29 is 9.18 Å². The molecule has 0 radical (unpaired) electrons. The van der Waals surface area contributed by atoms with Crippen LogP contribution in [-0.2, 0) is 11.2 Å². The molecular formula is C16H25BrClFN2O. The highest BCUT2D eigenvalue weighted by molar-refractivity contribution is 9.10. The predicted molar refractivity (Wildman–Crippen MR) is 94.7 cm³/mol. The van der Waals surface area contributed by atoms with Gasteiger partial charge in [0.1, 0.15) is 5.82 Å². The van der Waals surface area contributed by atoms with Crippen molar-refractivity contribution in [3.05, 3.63) is 34.1 Å². The fraction of sp³-hybridized carbons (Fsp3) is 0.562. The highest BCUT2D eigenvalue weighted by Crippen LogP contribution is 2.25. The summed E-state index contributed by atoms with van der Waals surface area (Å²) in [5.41, 5.74) is 6.27. The van der Waals surface area contributed by atoms with Crippen LogP contribution < -0.4 is 11.1 Å². The van der Waals surface area contributed by atoms with Gasteiger partial charge in [0.15, 0.2) is 0 Å².